The SMILES string of the molecule is CCOc1cc(/C=N\NC(=O)c2ccccc2OC)cc(I)c1OCc1ccc(Cl)cc1. The van der Waals surface area contributed by atoms with E-state index in [4.69, 9.17) is 25.8 Å². The monoisotopic (exact) mass is 564 g/mol. The number of amides is 1. The Morgan fingerprint density at radius 2 is 1.84 bits per heavy atom. The Labute approximate surface area is 205 Å². The van der Waals surface area contributed by atoms with Crippen LogP contribution in [0, 0.1) is 3.57 Å². The zero-order chi connectivity index (χ0) is 22.9. The number of carbonyl (C=O) groups excluding carboxylic acids is 1. The number of hydrazone groups is 1. The number of methoxy groups -OCH3 is 1. The summed E-state index contributed by atoms with van der Waals surface area (Å²) in [7, 11) is 1.52. The minimum Gasteiger partial charge on any atom is -0.496 e. The molecule has 0 radical (unpaired) electrons. The van der Waals surface area contributed by atoms with Crippen LogP contribution in [-0.2, 0) is 6.61 Å². The number of rotatable bonds is 9. The van der Waals surface area contributed by atoms with E-state index in [1.807, 2.05) is 43.3 Å². The molecule has 6 nitrogen and oxygen atoms in total. The number of benzene rings is 3. The number of ether oxygens (including phenoxy) is 3. The molecule has 0 atom stereocenters. The second-order valence-electron chi connectivity index (χ2n) is 6.58. The standard InChI is InChI=1S/C24H22ClIN2O4/c1-3-31-22-13-17(14-27-28-24(29)19-6-4-5-7-21(19)30-2)12-20(26)23(22)32-15-16-8-10-18(25)11-9-16/h4-14H,3,15H2,1-2H3,(H,28,29)/b27-14-. The summed E-state index contributed by atoms with van der Waals surface area (Å²) in [5, 5.41) is 4.76. The van der Waals surface area contributed by atoms with E-state index in [-0.39, 0.29) is 5.91 Å². The van der Waals surface area contributed by atoms with Crippen LogP contribution >= 0.6 is 34.2 Å². The van der Waals surface area contributed by atoms with Gasteiger partial charge in [-0.1, -0.05) is 35.9 Å². The van der Waals surface area contributed by atoms with Crippen LogP contribution in [0.3, 0.4) is 0 Å². The highest BCUT2D eigenvalue weighted by molar-refractivity contribution is 14.1. The van der Waals surface area contributed by atoms with Crippen molar-refractivity contribution >= 4 is 46.3 Å². The Kier molecular flexibility index (Phi) is 8.75. The van der Waals surface area contributed by atoms with Crippen molar-refractivity contribution in [2.24, 2.45) is 5.10 Å². The van der Waals surface area contributed by atoms with E-state index in [1.54, 1.807) is 30.5 Å². The van der Waals surface area contributed by atoms with Crippen LogP contribution < -0.4 is 19.6 Å². The first-order valence-corrected chi connectivity index (χ1v) is 11.3. The Morgan fingerprint density at radius 3 is 2.56 bits per heavy atom. The first kappa shape index (κ1) is 23.9. The van der Waals surface area contributed by atoms with Crippen molar-refractivity contribution in [2.75, 3.05) is 13.7 Å². The van der Waals surface area contributed by atoms with Gasteiger partial charge in [-0.2, -0.15) is 5.10 Å². The van der Waals surface area contributed by atoms with Gasteiger partial charge < -0.3 is 14.2 Å². The van der Waals surface area contributed by atoms with Crippen LogP contribution in [-0.4, -0.2) is 25.8 Å². The van der Waals surface area contributed by atoms with Crippen molar-refractivity contribution in [3.8, 4) is 17.2 Å². The second kappa shape index (κ2) is 11.7. The molecule has 0 saturated carbocycles. The average molecular weight is 565 g/mol. The molecular formula is C24H22ClIN2O4. The Balaban J connectivity index is 1.73. The van der Waals surface area contributed by atoms with Gasteiger partial charge in [0, 0.05) is 5.02 Å². The molecular weight excluding hydrogens is 543 g/mol. The third-order valence-electron chi connectivity index (χ3n) is 4.36. The van der Waals surface area contributed by atoms with Crippen molar-refractivity contribution < 1.29 is 19.0 Å². The number of nitrogens with one attached hydrogen (secondary N) is 1. The molecule has 0 heterocycles. The van der Waals surface area contributed by atoms with Crippen LogP contribution in [0.1, 0.15) is 28.4 Å². The minimum atomic E-state index is -0.360. The van der Waals surface area contributed by atoms with Crippen LogP contribution in [0.15, 0.2) is 65.8 Å². The third kappa shape index (κ3) is 6.37. The fraction of sp³-hybridized carbons (Fsp3) is 0.167. The maximum atomic E-state index is 12.4. The maximum Gasteiger partial charge on any atom is 0.275 e. The van der Waals surface area contributed by atoms with Gasteiger partial charge in [-0.05, 0) is 77.0 Å². The van der Waals surface area contributed by atoms with E-state index < -0.39 is 0 Å². The molecule has 0 aromatic heterocycles. The lowest BCUT2D eigenvalue weighted by atomic mass is 10.2. The number of carbonyl (C=O) groups is 1. The molecule has 0 aliphatic rings. The Bertz CT molecular complexity index is 1100. The van der Waals surface area contributed by atoms with Crippen molar-refractivity contribution in [3.63, 3.8) is 0 Å². The van der Waals surface area contributed by atoms with E-state index in [0.29, 0.717) is 41.0 Å². The maximum absolute atomic E-state index is 12.4. The normalized spacial score (nSPS) is 10.8. The van der Waals surface area contributed by atoms with E-state index in [2.05, 4.69) is 33.1 Å². The van der Waals surface area contributed by atoms with Gasteiger partial charge in [-0.15, -0.1) is 0 Å². The Hall–Kier alpha value is -2.78. The number of para-hydroxylation sites is 1. The summed E-state index contributed by atoms with van der Waals surface area (Å²) in [5.74, 6) is 1.38. The minimum absolute atomic E-state index is 0.360. The molecule has 0 unspecified atom stereocenters. The Morgan fingerprint density at radius 1 is 1.09 bits per heavy atom. The molecule has 1 amide bonds. The van der Waals surface area contributed by atoms with Gasteiger partial charge >= 0.3 is 0 Å². The van der Waals surface area contributed by atoms with Crippen LogP contribution in [0.5, 0.6) is 17.2 Å². The summed E-state index contributed by atoms with van der Waals surface area (Å²) in [6.45, 7) is 2.78. The fourth-order valence-corrected chi connectivity index (χ4v) is 3.77. The predicted octanol–water partition coefficient (Wildman–Crippen LogP) is 5.69. The van der Waals surface area contributed by atoms with Gasteiger partial charge in [0.1, 0.15) is 12.4 Å². The van der Waals surface area contributed by atoms with Gasteiger partial charge in [-0.25, -0.2) is 5.43 Å². The summed E-state index contributed by atoms with van der Waals surface area (Å²) in [6.07, 6.45) is 1.56. The van der Waals surface area contributed by atoms with E-state index in [9.17, 15) is 4.79 Å². The lowest BCUT2D eigenvalue weighted by Gasteiger charge is -2.15. The number of hydrogen-bond donors (Lipinski definition) is 1. The summed E-state index contributed by atoms with van der Waals surface area (Å²) in [5.41, 5.74) is 4.69. The predicted molar refractivity (Wildman–Crippen MR) is 134 cm³/mol. The molecule has 8 heteroatoms. The second-order valence-corrected chi connectivity index (χ2v) is 8.18. The van der Waals surface area contributed by atoms with Crippen molar-refractivity contribution in [1.29, 1.82) is 0 Å². The van der Waals surface area contributed by atoms with Crippen molar-refractivity contribution in [2.45, 2.75) is 13.5 Å². The van der Waals surface area contributed by atoms with Crippen molar-refractivity contribution in [3.05, 3.63) is 85.9 Å². The van der Waals surface area contributed by atoms with Crippen LogP contribution in [0.25, 0.3) is 0 Å². The number of hydrogen-bond acceptors (Lipinski definition) is 5. The molecule has 32 heavy (non-hydrogen) atoms. The molecule has 0 aliphatic carbocycles. The van der Waals surface area contributed by atoms with Gasteiger partial charge in [0.2, 0.25) is 0 Å². The highest BCUT2D eigenvalue weighted by Gasteiger charge is 2.13. The molecule has 3 aromatic rings. The lowest BCUT2D eigenvalue weighted by Crippen LogP contribution is -2.18. The van der Waals surface area contributed by atoms with Gasteiger partial charge in [-0.3, -0.25) is 4.79 Å². The van der Waals surface area contributed by atoms with E-state index >= 15 is 0 Å². The van der Waals surface area contributed by atoms with Crippen molar-refractivity contribution in [1.82, 2.24) is 5.43 Å². The molecule has 0 spiro atoms. The average Bonchev–Trinajstić information content (AvgIpc) is 2.79. The highest BCUT2D eigenvalue weighted by atomic mass is 127. The summed E-state index contributed by atoms with van der Waals surface area (Å²) in [6, 6.07) is 18.2. The van der Waals surface area contributed by atoms with Crippen LogP contribution in [0.4, 0.5) is 0 Å². The molecule has 0 saturated heterocycles. The quantitative estimate of drug-likeness (QED) is 0.206. The first-order valence-electron chi connectivity index (χ1n) is 9.81. The van der Waals surface area contributed by atoms with E-state index in [0.717, 1.165) is 14.7 Å². The summed E-state index contributed by atoms with van der Waals surface area (Å²) in [4.78, 5) is 12.4. The number of halogens is 2. The first-order chi connectivity index (χ1) is 15.5. The van der Waals surface area contributed by atoms with Crippen LogP contribution in [0.2, 0.25) is 5.02 Å². The fourth-order valence-electron chi connectivity index (χ4n) is 2.86. The number of nitrogens with zero attached hydrogens (tertiary/aromatic N) is 1. The molecule has 1 N–H and O–H groups in total. The molecule has 0 aliphatic heterocycles. The van der Waals surface area contributed by atoms with Gasteiger partial charge in [0.05, 0.1) is 29.1 Å². The summed E-state index contributed by atoms with van der Waals surface area (Å²) < 4.78 is 17.9. The molecule has 3 aromatic carbocycles. The molecule has 0 bridgehead atoms. The zero-order valence-corrected chi connectivity index (χ0v) is 20.5. The molecule has 166 valence electrons. The van der Waals surface area contributed by atoms with Gasteiger partial charge in [0.15, 0.2) is 11.5 Å². The largest absolute Gasteiger partial charge is 0.496 e. The zero-order valence-electron chi connectivity index (χ0n) is 17.6. The van der Waals surface area contributed by atoms with E-state index in [1.165, 1.54) is 7.11 Å². The molecule has 3 rings (SSSR count). The lowest BCUT2D eigenvalue weighted by molar-refractivity contribution is 0.0952. The summed E-state index contributed by atoms with van der Waals surface area (Å²) >= 11 is 8.13. The third-order valence-corrected chi connectivity index (χ3v) is 5.41. The smallest absolute Gasteiger partial charge is 0.275 e. The highest BCUT2D eigenvalue weighted by Crippen LogP contribution is 2.34. The topological polar surface area (TPSA) is 69.2 Å². The molecule has 0 fully saturated rings. The van der Waals surface area contributed by atoms with Gasteiger partial charge in [0.25, 0.3) is 5.91 Å².